The van der Waals surface area contributed by atoms with E-state index in [0.29, 0.717) is 6.42 Å². The largest absolute Gasteiger partial charge is 0.480 e. The number of aliphatic carboxylic acids is 1. The summed E-state index contributed by atoms with van der Waals surface area (Å²) in [5.41, 5.74) is 0. The number of alkyl halides is 6. The SMILES string of the molecule is CCCC[C@H](NC(=O)C(C(F)(F)F)C(F)(F)F)C(=O)O. The second kappa shape index (κ2) is 6.80. The average molecular weight is 309 g/mol. The molecule has 0 saturated heterocycles. The fraction of sp³-hybridized carbons (Fsp3) is 0.800. The first kappa shape index (κ1) is 18.5. The molecule has 0 bridgehead atoms. The first-order valence-electron chi connectivity index (χ1n) is 5.57. The van der Waals surface area contributed by atoms with Gasteiger partial charge in [-0.25, -0.2) is 4.79 Å². The lowest BCUT2D eigenvalue weighted by Gasteiger charge is -2.24. The minimum absolute atomic E-state index is 0.236. The summed E-state index contributed by atoms with van der Waals surface area (Å²) in [5.74, 6) is -8.33. The number of carboxylic acid groups (broad SMARTS) is 1. The molecule has 0 aromatic heterocycles. The van der Waals surface area contributed by atoms with Gasteiger partial charge < -0.3 is 10.4 Å². The van der Waals surface area contributed by atoms with Gasteiger partial charge in [-0.05, 0) is 6.42 Å². The van der Waals surface area contributed by atoms with Crippen molar-refractivity contribution < 1.29 is 41.0 Å². The third-order valence-corrected chi connectivity index (χ3v) is 2.38. The Morgan fingerprint density at radius 3 is 1.85 bits per heavy atom. The van der Waals surface area contributed by atoms with E-state index in [9.17, 15) is 35.9 Å². The number of amides is 1. The molecule has 2 N–H and O–H groups in total. The summed E-state index contributed by atoms with van der Waals surface area (Å²) in [7, 11) is 0. The molecule has 0 unspecified atom stereocenters. The van der Waals surface area contributed by atoms with E-state index in [2.05, 4.69) is 0 Å². The molecule has 0 aliphatic rings. The molecule has 0 saturated carbocycles. The van der Waals surface area contributed by atoms with Crippen molar-refractivity contribution in [1.29, 1.82) is 0 Å². The molecule has 0 spiro atoms. The summed E-state index contributed by atoms with van der Waals surface area (Å²) in [4.78, 5) is 21.8. The van der Waals surface area contributed by atoms with E-state index in [1.54, 1.807) is 6.92 Å². The van der Waals surface area contributed by atoms with Crippen LogP contribution in [0.5, 0.6) is 0 Å². The van der Waals surface area contributed by atoms with Crippen LogP contribution in [-0.4, -0.2) is 35.4 Å². The minimum Gasteiger partial charge on any atom is -0.480 e. The van der Waals surface area contributed by atoms with E-state index in [0.717, 1.165) is 0 Å². The summed E-state index contributed by atoms with van der Waals surface area (Å²) in [6.07, 6.45) is -11.2. The number of nitrogens with one attached hydrogen (secondary N) is 1. The molecule has 0 radical (unpaired) electrons. The van der Waals surface area contributed by atoms with E-state index in [1.807, 2.05) is 0 Å². The van der Waals surface area contributed by atoms with Crippen LogP contribution in [-0.2, 0) is 9.59 Å². The van der Waals surface area contributed by atoms with Crippen molar-refractivity contribution in [2.75, 3.05) is 0 Å². The smallest absolute Gasteiger partial charge is 0.409 e. The Hall–Kier alpha value is -1.48. The number of carboxylic acids is 1. The van der Waals surface area contributed by atoms with Gasteiger partial charge in [-0.1, -0.05) is 19.8 Å². The van der Waals surface area contributed by atoms with E-state index >= 15 is 0 Å². The molecule has 10 heteroatoms. The fourth-order valence-electron chi connectivity index (χ4n) is 1.40. The third-order valence-electron chi connectivity index (χ3n) is 2.38. The highest BCUT2D eigenvalue weighted by atomic mass is 19.4. The fourth-order valence-corrected chi connectivity index (χ4v) is 1.40. The van der Waals surface area contributed by atoms with Gasteiger partial charge in [-0.2, -0.15) is 26.3 Å². The Bertz CT molecular complexity index is 338. The van der Waals surface area contributed by atoms with Crippen molar-refractivity contribution in [2.24, 2.45) is 5.92 Å². The molecule has 1 atom stereocenters. The van der Waals surface area contributed by atoms with Gasteiger partial charge in [0.05, 0.1) is 0 Å². The summed E-state index contributed by atoms with van der Waals surface area (Å²) in [6.45, 7) is 1.65. The predicted octanol–water partition coefficient (Wildman–Crippen LogP) is 2.49. The van der Waals surface area contributed by atoms with Crippen LogP contribution in [0.15, 0.2) is 0 Å². The van der Waals surface area contributed by atoms with Crippen molar-refractivity contribution in [3.05, 3.63) is 0 Å². The lowest BCUT2D eigenvalue weighted by molar-refractivity contribution is -0.274. The molecular weight excluding hydrogens is 296 g/mol. The zero-order chi connectivity index (χ0) is 16.1. The number of rotatable bonds is 6. The van der Waals surface area contributed by atoms with Gasteiger partial charge >= 0.3 is 18.3 Å². The topological polar surface area (TPSA) is 66.4 Å². The molecule has 0 aromatic rings. The molecule has 20 heavy (non-hydrogen) atoms. The van der Waals surface area contributed by atoms with E-state index < -0.39 is 36.2 Å². The molecule has 0 fully saturated rings. The zero-order valence-electron chi connectivity index (χ0n) is 10.3. The monoisotopic (exact) mass is 309 g/mol. The zero-order valence-corrected chi connectivity index (χ0v) is 10.3. The van der Waals surface area contributed by atoms with Gasteiger partial charge in [0.15, 0.2) is 0 Å². The summed E-state index contributed by atoms with van der Waals surface area (Å²) in [5, 5.41) is 9.94. The van der Waals surface area contributed by atoms with Crippen molar-refractivity contribution in [3.8, 4) is 0 Å². The van der Waals surface area contributed by atoms with Crippen LogP contribution in [0.1, 0.15) is 26.2 Å². The maximum absolute atomic E-state index is 12.2. The lowest BCUT2D eigenvalue weighted by atomic mass is 10.1. The van der Waals surface area contributed by atoms with E-state index in [4.69, 9.17) is 5.11 Å². The number of carbonyl (C=O) groups excluding carboxylic acids is 1. The Kier molecular flexibility index (Phi) is 6.30. The van der Waals surface area contributed by atoms with Crippen LogP contribution in [0.2, 0.25) is 0 Å². The molecule has 4 nitrogen and oxygen atoms in total. The van der Waals surface area contributed by atoms with Gasteiger partial charge in [0, 0.05) is 0 Å². The molecule has 0 rings (SSSR count). The van der Waals surface area contributed by atoms with Crippen LogP contribution in [0.3, 0.4) is 0 Å². The van der Waals surface area contributed by atoms with Crippen molar-refractivity contribution >= 4 is 11.9 Å². The van der Waals surface area contributed by atoms with Crippen molar-refractivity contribution in [1.82, 2.24) is 5.32 Å². The maximum atomic E-state index is 12.2. The Morgan fingerprint density at radius 2 is 1.55 bits per heavy atom. The highest BCUT2D eigenvalue weighted by Gasteiger charge is 2.61. The highest BCUT2D eigenvalue weighted by Crippen LogP contribution is 2.39. The van der Waals surface area contributed by atoms with Gasteiger partial charge in [-0.15, -0.1) is 0 Å². The third kappa shape index (κ3) is 5.66. The number of hydrogen-bond acceptors (Lipinski definition) is 2. The second-order valence-electron chi connectivity index (χ2n) is 4.06. The Morgan fingerprint density at radius 1 is 1.10 bits per heavy atom. The number of hydrogen-bond donors (Lipinski definition) is 2. The molecule has 118 valence electrons. The number of unbranched alkanes of at least 4 members (excludes halogenated alkanes) is 1. The van der Waals surface area contributed by atoms with Gasteiger partial charge in [0.2, 0.25) is 11.8 Å². The van der Waals surface area contributed by atoms with Crippen LogP contribution in [0.25, 0.3) is 0 Å². The quantitative estimate of drug-likeness (QED) is 0.741. The summed E-state index contributed by atoms with van der Waals surface area (Å²) < 4.78 is 73.5. The second-order valence-corrected chi connectivity index (χ2v) is 4.06. The van der Waals surface area contributed by atoms with Crippen molar-refractivity contribution in [2.45, 2.75) is 44.6 Å². The predicted molar refractivity (Wildman–Crippen MR) is 54.7 cm³/mol. The molecular formula is C10H13F6NO3. The first-order valence-corrected chi connectivity index (χ1v) is 5.57. The normalized spacial score (nSPS) is 14.2. The molecule has 0 aromatic carbocycles. The Labute approximate surface area is 110 Å². The van der Waals surface area contributed by atoms with Crippen LogP contribution in [0, 0.1) is 5.92 Å². The van der Waals surface area contributed by atoms with Crippen LogP contribution in [0.4, 0.5) is 26.3 Å². The molecule has 0 aliphatic carbocycles. The molecule has 1 amide bonds. The van der Waals surface area contributed by atoms with Crippen LogP contribution >= 0.6 is 0 Å². The van der Waals surface area contributed by atoms with E-state index in [1.165, 1.54) is 5.32 Å². The van der Waals surface area contributed by atoms with Crippen LogP contribution < -0.4 is 5.32 Å². The molecule has 0 heterocycles. The van der Waals surface area contributed by atoms with Gasteiger partial charge in [0.25, 0.3) is 0 Å². The first-order chi connectivity index (χ1) is 8.91. The maximum Gasteiger partial charge on any atom is 0.409 e. The standard InChI is InChI=1S/C10H13F6NO3/c1-2-3-4-5(8(19)20)17-7(18)6(9(11,12)13)10(14,15)16/h5-6H,2-4H2,1H3,(H,17,18)(H,19,20)/t5-/m0/s1. The van der Waals surface area contributed by atoms with Crippen molar-refractivity contribution in [3.63, 3.8) is 0 Å². The number of halogens is 6. The van der Waals surface area contributed by atoms with E-state index in [-0.39, 0.29) is 12.8 Å². The summed E-state index contributed by atoms with van der Waals surface area (Å²) in [6, 6.07) is -1.78. The lowest BCUT2D eigenvalue weighted by Crippen LogP contribution is -2.52. The Balaban J connectivity index is 5.04. The van der Waals surface area contributed by atoms with Gasteiger partial charge in [0.1, 0.15) is 6.04 Å². The van der Waals surface area contributed by atoms with Gasteiger partial charge in [-0.3, -0.25) is 4.79 Å². The number of carbonyl (C=O) groups is 2. The summed E-state index contributed by atoms with van der Waals surface area (Å²) >= 11 is 0. The average Bonchev–Trinajstić information content (AvgIpc) is 2.19. The minimum atomic E-state index is -5.84. The highest BCUT2D eigenvalue weighted by molar-refractivity contribution is 5.85. The molecule has 0 aliphatic heterocycles.